The lowest BCUT2D eigenvalue weighted by atomic mass is 9.85. The number of hydrogen-bond acceptors (Lipinski definition) is 5. The Bertz CT molecular complexity index is 709. The van der Waals surface area contributed by atoms with Crippen LogP contribution in [0.3, 0.4) is 0 Å². The average molecular weight is 291 g/mol. The van der Waals surface area contributed by atoms with Gasteiger partial charge in [-0.2, -0.15) is 0 Å². The quantitative estimate of drug-likeness (QED) is 0.832. The number of rotatable bonds is 1. The van der Waals surface area contributed by atoms with Crippen LogP contribution in [0.2, 0.25) is 0 Å². The molecule has 3 aliphatic rings. The molecule has 6 heteroatoms. The Morgan fingerprint density at radius 2 is 2.05 bits per heavy atom. The summed E-state index contributed by atoms with van der Waals surface area (Å²) in [4.78, 5) is 7.07. The van der Waals surface area contributed by atoms with Crippen LogP contribution in [0.25, 0.3) is 0 Å². The van der Waals surface area contributed by atoms with E-state index in [4.69, 9.17) is 5.73 Å². The molecule has 2 N–H and O–H groups in total. The van der Waals surface area contributed by atoms with Gasteiger partial charge in [0.2, 0.25) is 0 Å². The second kappa shape index (κ2) is 3.75. The first-order valence-corrected chi connectivity index (χ1v) is 8.61. The zero-order valence-corrected chi connectivity index (χ0v) is 11.9. The first kappa shape index (κ1) is 12.2. The van der Waals surface area contributed by atoms with Crippen LogP contribution in [-0.2, 0) is 15.4 Å². The summed E-state index contributed by atoms with van der Waals surface area (Å²) in [5.74, 6) is 0.748. The molecule has 0 amide bonds. The number of fused-ring (bicyclic) bond motifs is 2. The van der Waals surface area contributed by atoms with E-state index in [0.29, 0.717) is 29.9 Å². The van der Waals surface area contributed by atoms with E-state index in [1.54, 1.807) is 12.1 Å². The molecule has 1 unspecified atom stereocenters. The molecule has 5 nitrogen and oxygen atoms in total. The summed E-state index contributed by atoms with van der Waals surface area (Å²) in [5.41, 5.74) is 6.61. The van der Waals surface area contributed by atoms with Crippen molar-refractivity contribution in [2.45, 2.75) is 35.7 Å². The van der Waals surface area contributed by atoms with Crippen molar-refractivity contribution in [2.24, 2.45) is 10.7 Å². The van der Waals surface area contributed by atoms with Gasteiger partial charge in [-0.1, -0.05) is 18.2 Å². The summed E-state index contributed by atoms with van der Waals surface area (Å²) in [6, 6.07) is 7.76. The zero-order valence-electron chi connectivity index (χ0n) is 11.1. The lowest BCUT2D eigenvalue weighted by molar-refractivity contribution is 0.179. The van der Waals surface area contributed by atoms with Crippen molar-refractivity contribution in [2.75, 3.05) is 12.3 Å². The van der Waals surface area contributed by atoms with Crippen molar-refractivity contribution in [1.82, 2.24) is 4.90 Å². The minimum Gasteiger partial charge on any atom is -0.370 e. The fourth-order valence-electron chi connectivity index (χ4n) is 3.54. The number of guanidine groups is 1. The van der Waals surface area contributed by atoms with Gasteiger partial charge in [0.1, 0.15) is 0 Å². The Kier molecular flexibility index (Phi) is 2.29. The van der Waals surface area contributed by atoms with Crippen LogP contribution in [0, 0.1) is 0 Å². The molecule has 1 aliphatic carbocycles. The lowest BCUT2D eigenvalue weighted by Gasteiger charge is -2.43. The van der Waals surface area contributed by atoms with Gasteiger partial charge in [0.15, 0.2) is 15.8 Å². The molecule has 2 aliphatic heterocycles. The number of sulfone groups is 1. The minimum absolute atomic E-state index is 0.177. The largest absolute Gasteiger partial charge is 0.370 e. The predicted octanol–water partition coefficient (Wildman–Crippen LogP) is 0.852. The summed E-state index contributed by atoms with van der Waals surface area (Å²) >= 11 is 0. The molecular weight excluding hydrogens is 274 g/mol. The van der Waals surface area contributed by atoms with E-state index in [-0.39, 0.29) is 11.3 Å². The summed E-state index contributed by atoms with van der Waals surface area (Å²) in [6.45, 7) is 0.571. The second-order valence-corrected chi connectivity index (χ2v) is 7.95. The van der Waals surface area contributed by atoms with E-state index >= 15 is 0 Å². The molecule has 1 fully saturated rings. The van der Waals surface area contributed by atoms with Crippen molar-refractivity contribution >= 4 is 15.8 Å². The maximum Gasteiger partial charge on any atom is 0.192 e. The minimum atomic E-state index is -3.17. The topological polar surface area (TPSA) is 75.8 Å². The highest BCUT2D eigenvalue weighted by Gasteiger charge is 2.53. The predicted molar refractivity (Wildman–Crippen MR) is 76.1 cm³/mol. The molecule has 1 spiro atoms. The SMILES string of the molecule is NC1=NCC2(CCS(=O)(=O)c3ccccc32)N1C1CC1. The van der Waals surface area contributed by atoms with Crippen LogP contribution < -0.4 is 5.73 Å². The summed E-state index contributed by atoms with van der Waals surface area (Å²) in [7, 11) is -3.17. The highest BCUT2D eigenvalue weighted by molar-refractivity contribution is 7.91. The van der Waals surface area contributed by atoms with E-state index in [1.807, 2.05) is 12.1 Å². The number of benzene rings is 1. The van der Waals surface area contributed by atoms with Gasteiger partial charge in [0.05, 0.1) is 22.7 Å². The molecular formula is C14H17N3O2S. The molecule has 0 radical (unpaired) electrons. The monoisotopic (exact) mass is 291 g/mol. The van der Waals surface area contributed by atoms with Crippen LogP contribution in [0.1, 0.15) is 24.8 Å². The molecule has 106 valence electrons. The second-order valence-electron chi connectivity index (χ2n) is 5.87. The van der Waals surface area contributed by atoms with Crippen LogP contribution in [0.4, 0.5) is 0 Å². The number of aliphatic imine (C=N–C) groups is 1. The summed E-state index contributed by atoms with van der Waals surface area (Å²) < 4.78 is 24.6. The molecule has 0 saturated heterocycles. The van der Waals surface area contributed by atoms with Gasteiger partial charge in [0, 0.05) is 6.04 Å². The van der Waals surface area contributed by atoms with Crippen molar-refractivity contribution < 1.29 is 8.42 Å². The van der Waals surface area contributed by atoms with E-state index < -0.39 is 9.84 Å². The van der Waals surface area contributed by atoms with Crippen molar-refractivity contribution in [3.63, 3.8) is 0 Å². The Morgan fingerprint density at radius 3 is 2.80 bits per heavy atom. The molecule has 1 atom stereocenters. The zero-order chi connectivity index (χ0) is 14.0. The fourth-order valence-corrected chi connectivity index (χ4v) is 5.24. The molecule has 0 bridgehead atoms. The van der Waals surface area contributed by atoms with Gasteiger partial charge in [-0.3, -0.25) is 4.99 Å². The molecule has 1 aromatic rings. The maximum atomic E-state index is 12.3. The lowest BCUT2D eigenvalue weighted by Crippen LogP contribution is -2.53. The third-order valence-corrected chi connectivity index (χ3v) is 6.40. The molecule has 1 saturated carbocycles. The Hall–Kier alpha value is -1.56. The Morgan fingerprint density at radius 1 is 1.30 bits per heavy atom. The van der Waals surface area contributed by atoms with Crippen LogP contribution in [0.15, 0.2) is 34.2 Å². The summed E-state index contributed by atoms with van der Waals surface area (Å²) in [6.07, 6.45) is 2.81. The van der Waals surface area contributed by atoms with Gasteiger partial charge in [-0.05, 0) is 30.9 Å². The number of nitrogens with two attached hydrogens (primary N) is 1. The van der Waals surface area contributed by atoms with E-state index in [1.165, 1.54) is 0 Å². The normalized spacial score (nSPS) is 31.2. The van der Waals surface area contributed by atoms with Gasteiger partial charge in [0.25, 0.3) is 0 Å². The van der Waals surface area contributed by atoms with E-state index in [2.05, 4.69) is 9.89 Å². The van der Waals surface area contributed by atoms with Crippen molar-refractivity contribution in [1.29, 1.82) is 0 Å². The first-order chi connectivity index (χ1) is 9.55. The highest BCUT2D eigenvalue weighted by Crippen LogP contribution is 2.48. The molecule has 4 rings (SSSR count). The number of nitrogens with zero attached hydrogens (tertiary/aromatic N) is 2. The Labute approximate surface area is 118 Å². The van der Waals surface area contributed by atoms with E-state index in [0.717, 1.165) is 18.4 Å². The number of hydrogen-bond donors (Lipinski definition) is 1. The van der Waals surface area contributed by atoms with Gasteiger partial charge in [-0.15, -0.1) is 0 Å². The van der Waals surface area contributed by atoms with E-state index in [9.17, 15) is 8.42 Å². The standard InChI is InChI=1S/C14H17N3O2S/c15-13-16-9-14(17(13)10-5-6-10)7-8-20(18,19)12-4-2-1-3-11(12)14/h1-4,10H,5-9H2,(H2,15,16). The Balaban J connectivity index is 1.92. The molecule has 0 aromatic heterocycles. The average Bonchev–Trinajstić information content (AvgIpc) is 3.21. The fraction of sp³-hybridized carbons (Fsp3) is 0.500. The van der Waals surface area contributed by atoms with Crippen LogP contribution in [0.5, 0.6) is 0 Å². The van der Waals surface area contributed by atoms with Crippen molar-refractivity contribution in [3.8, 4) is 0 Å². The van der Waals surface area contributed by atoms with Crippen molar-refractivity contribution in [3.05, 3.63) is 29.8 Å². The highest BCUT2D eigenvalue weighted by atomic mass is 32.2. The first-order valence-electron chi connectivity index (χ1n) is 6.96. The molecule has 2 heterocycles. The third kappa shape index (κ3) is 1.48. The van der Waals surface area contributed by atoms with Gasteiger partial charge < -0.3 is 10.6 Å². The molecule has 1 aromatic carbocycles. The smallest absolute Gasteiger partial charge is 0.192 e. The van der Waals surface area contributed by atoms with Gasteiger partial charge in [-0.25, -0.2) is 8.42 Å². The van der Waals surface area contributed by atoms with Gasteiger partial charge >= 0.3 is 0 Å². The maximum absolute atomic E-state index is 12.3. The summed E-state index contributed by atoms with van der Waals surface area (Å²) in [5, 5.41) is 0. The third-order valence-electron chi connectivity index (χ3n) is 4.63. The molecule has 20 heavy (non-hydrogen) atoms. The van der Waals surface area contributed by atoms with Crippen LogP contribution in [-0.4, -0.2) is 37.6 Å². The van der Waals surface area contributed by atoms with Crippen LogP contribution >= 0.6 is 0 Å².